The molecule has 0 saturated carbocycles. The van der Waals surface area contributed by atoms with Crippen LogP contribution in [0.4, 0.5) is 0 Å². The van der Waals surface area contributed by atoms with Gasteiger partial charge in [-0.3, -0.25) is 0 Å². The highest BCUT2D eigenvalue weighted by Crippen LogP contribution is 2.20. The molecule has 0 heterocycles. The van der Waals surface area contributed by atoms with Gasteiger partial charge in [-0.2, -0.15) is 0 Å². The molecule has 0 aliphatic carbocycles. The van der Waals surface area contributed by atoms with E-state index in [-0.39, 0.29) is 0 Å². The van der Waals surface area contributed by atoms with Gasteiger partial charge in [0.25, 0.3) is 0 Å². The van der Waals surface area contributed by atoms with Crippen LogP contribution in [0.3, 0.4) is 0 Å². The van der Waals surface area contributed by atoms with Gasteiger partial charge in [-0.1, -0.05) is 43.1 Å². The van der Waals surface area contributed by atoms with Crippen molar-refractivity contribution in [1.29, 1.82) is 0 Å². The molecule has 0 saturated heterocycles. The summed E-state index contributed by atoms with van der Waals surface area (Å²) in [5.41, 5.74) is 7.00. The molecule has 2 nitrogen and oxygen atoms in total. The van der Waals surface area contributed by atoms with E-state index in [1.807, 2.05) is 18.2 Å². The number of ether oxygens (including phenoxy) is 1. The normalized spacial score (nSPS) is 12.6. The molecular weight excluding hydrogens is 246 g/mol. The van der Waals surface area contributed by atoms with E-state index in [1.165, 1.54) is 12.0 Å². The van der Waals surface area contributed by atoms with Crippen molar-refractivity contribution in [2.45, 2.75) is 32.6 Å². The number of nitrogens with two attached hydrogens (primary N) is 1. The molecule has 18 heavy (non-hydrogen) atoms. The van der Waals surface area contributed by atoms with Crippen LogP contribution in [0.1, 0.15) is 31.7 Å². The molecule has 0 radical (unpaired) electrons. The van der Waals surface area contributed by atoms with Gasteiger partial charge in [0.15, 0.2) is 0 Å². The van der Waals surface area contributed by atoms with Crippen LogP contribution in [0.15, 0.2) is 24.3 Å². The van der Waals surface area contributed by atoms with E-state index in [0.29, 0.717) is 12.5 Å². The van der Waals surface area contributed by atoms with Gasteiger partial charge in [-0.25, -0.2) is 0 Å². The molecule has 0 fully saturated rings. The minimum Gasteiger partial charge on any atom is -0.381 e. The maximum absolute atomic E-state index is 6.16. The van der Waals surface area contributed by atoms with Gasteiger partial charge >= 0.3 is 0 Å². The summed E-state index contributed by atoms with van der Waals surface area (Å²) < 4.78 is 5.59. The van der Waals surface area contributed by atoms with E-state index in [1.54, 1.807) is 0 Å². The summed E-state index contributed by atoms with van der Waals surface area (Å²) in [6.45, 7) is 4.51. The fraction of sp³-hybridized carbons (Fsp3) is 0.600. The van der Waals surface area contributed by atoms with Gasteiger partial charge in [0.1, 0.15) is 0 Å². The Bertz CT molecular complexity index is 330. The Balaban J connectivity index is 2.31. The molecule has 0 aromatic heterocycles. The smallest absolute Gasteiger partial charge is 0.0469 e. The molecule has 102 valence electrons. The topological polar surface area (TPSA) is 35.2 Å². The van der Waals surface area contributed by atoms with Crippen LogP contribution in [0, 0.1) is 5.92 Å². The van der Waals surface area contributed by atoms with Crippen LogP contribution in [0.2, 0.25) is 5.02 Å². The number of rotatable bonds is 9. The predicted octanol–water partition coefficient (Wildman–Crippen LogP) is 3.66. The third-order valence-corrected chi connectivity index (χ3v) is 3.48. The van der Waals surface area contributed by atoms with Crippen LogP contribution in [0.5, 0.6) is 0 Å². The van der Waals surface area contributed by atoms with Crippen molar-refractivity contribution in [3.05, 3.63) is 34.9 Å². The highest BCUT2D eigenvalue weighted by atomic mass is 35.5. The lowest BCUT2D eigenvalue weighted by atomic mass is 9.96. The highest BCUT2D eigenvalue weighted by molar-refractivity contribution is 6.31. The molecule has 0 spiro atoms. The summed E-state index contributed by atoms with van der Waals surface area (Å²) in [5.74, 6) is 0.450. The van der Waals surface area contributed by atoms with Crippen molar-refractivity contribution >= 4 is 11.6 Å². The molecule has 0 aliphatic rings. The molecular formula is C15H24ClNO. The molecule has 1 rings (SSSR count). The second-order valence-corrected chi connectivity index (χ2v) is 5.06. The molecule has 1 aromatic rings. The number of hydrogen-bond donors (Lipinski definition) is 1. The minimum absolute atomic E-state index is 0.450. The molecule has 1 unspecified atom stereocenters. The Labute approximate surface area is 115 Å². The highest BCUT2D eigenvalue weighted by Gasteiger charge is 2.09. The third kappa shape index (κ3) is 5.85. The SMILES string of the molecule is CCCCOCCC(CN)Cc1ccccc1Cl. The van der Waals surface area contributed by atoms with Gasteiger partial charge in [0, 0.05) is 18.2 Å². The molecule has 1 atom stereocenters. The Kier molecular flexibility index (Phi) is 8.06. The summed E-state index contributed by atoms with van der Waals surface area (Å²) in [7, 11) is 0. The van der Waals surface area contributed by atoms with Crippen molar-refractivity contribution in [3.63, 3.8) is 0 Å². The van der Waals surface area contributed by atoms with Gasteiger partial charge < -0.3 is 10.5 Å². The lowest BCUT2D eigenvalue weighted by Crippen LogP contribution is -2.19. The first-order chi connectivity index (χ1) is 8.77. The Hall–Kier alpha value is -0.570. The van der Waals surface area contributed by atoms with Crippen LogP contribution < -0.4 is 5.73 Å². The van der Waals surface area contributed by atoms with Crippen molar-refractivity contribution < 1.29 is 4.74 Å². The average Bonchev–Trinajstić information content (AvgIpc) is 2.39. The number of unbranched alkanes of at least 4 members (excludes halogenated alkanes) is 1. The van der Waals surface area contributed by atoms with Crippen molar-refractivity contribution in [2.24, 2.45) is 11.7 Å². The second kappa shape index (κ2) is 9.37. The predicted molar refractivity (Wildman–Crippen MR) is 78.0 cm³/mol. The van der Waals surface area contributed by atoms with Crippen LogP contribution >= 0.6 is 11.6 Å². The fourth-order valence-corrected chi connectivity index (χ4v) is 2.09. The van der Waals surface area contributed by atoms with E-state index in [0.717, 1.165) is 37.5 Å². The van der Waals surface area contributed by atoms with E-state index in [2.05, 4.69) is 13.0 Å². The quantitative estimate of drug-likeness (QED) is 0.695. The Morgan fingerprint density at radius 2 is 2.06 bits per heavy atom. The summed E-state index contributed by atoms with van der Waals surface area (Å²) in [6, 6.07) is 7.98. The van der Waals surface area contributed by atoms with Crippen LogP contribution in [-0.4, -0.2) is 19.8 Å². The standard InChI is InChI=1S/C15H24ClNO/c1-2-3-9-18-10-8-13(12-17)11-14-6-4-5-7-15(14)16/h4-7,13H,2-3,8-12,17H2,1H3. The molecule has 1 aromatic carbocycles. The third-order valence-electron chi connectivity index (χ3n) is 3.11. The average molecular weight is 270 g/mol. The molecule has 0 amide bonds. The van der Waals surface area contributed by atoms with E-state index < -0.39 is 0 Å². The van der Waals surface area contributed by atoms with Crippen molar-refractivity contribution in [1.82, 2.24) is 0 Å². The van der Waals surface area contributed by atoms with Gasteiger partial charge in [0.05, 0.1) is 0 Å². The first kappa shape index (κ1) is 15.5. The van der Waals surface area contributed by atoms with Gasteiger partial charge in [-0.15, -0.1) is 0 Å². The van der Waals surface area contributed by atoms with E-state index in [4.69, 9.17) is 22.1 Å². The summed E-state index contributed by atoms with van der Waals surface area (Å²) in [4.78, 5) is 0. The van der Waals surface area contributed by atoms with Crippen molar-refractivity contribution in [2.75, 3.05) is 19.8 Å². The Morgan fingerprint density at radius 1 is 1.28 bits per heavy atom. The summed E-state index contributed by atoms with van der Waals surface area (Å²) in [6.07, 6.45) is 4.26. The number of hydrogen-bond acceptors (Lipinski definition) is 2. The zero-order valence-corrected chi connectivity index (χ0v) is 12.0. The summed E-state index contributed by atoms with van der Waals surface area (Å²) in [5, 5.41) is 0.836. The lowest BCUT2D eigenvalue weighted by molar-refractivity contribution is 0.118. The zero-order chi connectivity index (χ0) is 13.2. The fourth-order valence-electron chi connectivity index (χ4n) is 1.88. The molecule has 0 bridgehead atoms. The Morgan fingerprint density at radius 3 is 2.72 bits per heavy atom. The van der Waals surface area contributed by atoms with Crippen LogP contribution in [-0.2, 0) is 11.2 Å². The monoisotopic (exact) mass is 269 g/mol. The first-order valence-electron chi connectivity index (χ1n) is 6.79. The maximum atomic E-state index is 6.16. The molecule has 2 N–H and O–H groups in total. The zero-order valence-electron chi connectivity index (χ0n) is 11.2. The van der Waals surface area contributed by atoms with Crippen molar-refractivity contribution in [3.8, 4) is 0 Å². The van der Waals surface area contributed by atoms with E-state index >= 15 is 0 Å². The van der Waals surface area contributed by atoms with Gasteiger partial charge in [-0.05, 0) is 43.4 Å². The largest absolute Gasteiger partial charge is 0.381 e. The molecule has 0 aliphatic heterocycles. The number of benzene rings is 1. The maximum Gasteiger partial charge on any atom is 0.0469 e. The minimum atomic E-state index is 0.450. The van der Waals surface area contributed by atoms with E-state index in [9.17, 15) is 0 Å². The van der Waals surface area contributed by atoms with Gasteiger partial charge in [0.2, 0.25) is 0 Å². The number of halogens is 1. The second-order valence-electron chi connectivity index (χ2n) is 4.65. The first-order valence-corrected chi connectivity index (χ1v) is 7.17. The molecule has 3 heteroatoms. The van der Waals surface area contributed by atoms with Crippen LogP contribution in [0.25, 0.3) is 0 Å². The summed E-state index contributed by atoms with van der Waals surface area (Å²) >= 11 is 6.16. The lowest BCUT2D eigenvalue weighted by Gasteiger charge is -2.15.